The van der Waals surface area contributed by atoms with E-state index >= 15 is 0 Å². The van der Waals surface area contributed by atoms with Crippen LogP contribution < -0.4 is 15.2 Å². The topological polar surface area (TPSA) is 78.5 Å². The first-order chi connectivity index (χ1) is 10.5. The highest BCUT2D eigenvalue weighted by atomic mass is 19.1. The minimum atomic E-state index is -1.32. The smallest absolute Gasteiger partial charge is 0.255 e. The number of amides is 1. The molecule has 0 aliphatic carbocycles. The van der Waals surface area contributed by atoms with Gasteiger partial charge in [-0.25, -0.2) is 4.39 Å². The zero-order chi connectivity index (χ0) is 16.1. The second kappa shape index (κ2) is 6.71. The van der Waals surface area contributed by atoms with Crippen molar-refractivity contribution in [2.45, 2.75) is 13.0 Å². The van der Waals surface area contributed by atoms with Gasteiger partial charge in [-0.05, 0) is 55.5 Å². The van der Waals surface area contributed by atoms with Crippen molar-refractivity contribution in [3.63, 3.8) is 0 Å². The summed E-state index contributed by atoms with van der Waals surface area (Å²) in [6.07, 6.45) is -1.08. The fraction of sp³-hybridized carbons (Fsp3) is 0.125. The van der Waals surface area contributed by atoms with Crippen molar-refractivity contribution in [3.05, 3.63) is 59.9 Å². The molecule has 0 saturated carbocycles. The van der Waals surface area contributed by atoms with Gasteiger partial charge in [0.05, 0.1) is 5.97 Å². The van der Waals surface area contributed by atoms with Crippen LogP contribution in [0.2, 0.25) is 0 Å². The molecule has 0 bridgehead atoms. The molecule has 0 fully saturated rings. The number of rotatable bonds is 5. The number of benzene rings is 2. The number of halogens is 1. The summed E-state index contributed by atoms with van der Waals surface area (Å²) in [5.41, 5.74) is 0.829. The summed E-state index contributed by atoms with van der Waals surface area (Å²) in [6, 6.07) is 11.4. The maximum Gasteiger partial charge on any atom is 0.255 e. The van der Waals surface area contributed by atoms with Crippen molar-refractivity contribution in [1.82, 2.24) is 0 Å². The maximum absolute atomic E-state index is 12.8. The molecule has 0 aliphatic rings. The van der Waals surface area contributed by atoms with Gasteiger partial charge < -0.3 is 20.0 Å². The Bertz CT molecular complexity index is 668. The molecule has 114 valence electrons. The predicted octanol–water partition coefficient (Wildman–Crippen LogP) is 1.60. The summed E-state index contributed by atoms with van der Waals surface area (Å²) in [5.74, 6) is -1.76. The maximum atomic E-state index is 12.8. The van der Waals surface area contributed by atoms with Crippen LogP contribution in [-0.4, -0.2) is 18.0 Å². The minimum Gasteiger partial charge on any atom is -0.546 e. The Morgan fingerprint density at radius 2 is 1.68 bits per heavy atom. The normalized spacial score (nSPS) is 11.5. The molecule has 0 saturated heterocycles. The highest BCUT2D eigenvalue weighted by molar-refractivity contribution is 6.04. The SMILES string of the molecule is C[C@@H](Oc1ccc(C(=O)Nc2ccc(F)cc2)cc1)C(=O)[O-]. The summed E-state index contributed by atoms with van der Waals surface area (Å²) in [5, 5.41) is 13.2. The number of carboxylic acid groups (broad SMARTS) is 1. The Kier molecular flexibility index (Phi) is 4.73. The summed E-state index contributed by atoms with van der Waals surface area (Å²) in [7, 11) is 0. The molecular formula is C16H13FNO4-. The number of hydrogen-bond donors (Lipinski definition) is 1. The molecule has 1 atom stereocenters. The van der Waals surface area contributed by atoms with Gasteiger partial charge in [-0.2, -0.15) is 0 Å². The van der Waals surface area contributed by atoms with E-state index in [2.05, 4.69) is 5.32 Å². The largest absolute Gasteiger partial charge is 0.546 e. The lowest BCUT2D eigenvalue weighted by atomic mass is 10.2. The van der Waals surface area contributed by atoms with E-state index < -0.39 is 12.1 Å². The Balaban J connectivity index is 2.01. The van der Waals surface area contributed by atoms with Crippen LogP contribution in [0.15, 0.2) is 48.5 Å². The van der Waals surface area contributed by atoms with Crippen molar-refractivity contribution >= 4 is 17.6 Å². The number of anilines is 1. The lowest BCUT2D eigenvalue weighted by Crippen LogP contribution is -2.37. The third kappa shape index (κ3) is 4.05. The molecule has 0 aromatic heterocycles. The van der Waals surface area contributed by atoms with Gasteiger partial charge in [0.15, 0.2) is 0 Å². The van der Waals surface area contributed by atoms with Crippen LogP contribution in [0.25, 0.3) is 0 Å². The van der Waals surface area contributed by atoms with E-state index in [1.165, 1.54) is 55.5 Å². The van der Waals surface area contributed by atoms with Crippen LogP contribution in [0.1, 0.15) is 17.3 Å². The molecule has 0 unspecified atom stereocenters. The zero-order valence-electron chi connectivity index (χ0n) is 11.7. The van der Waals surface area contributed by atoms with Crippen molar-refractivity contribution in [3.8, 4) is 5.75 Å². The number of carbonyl (C=O) groups excluding carboxylic acids is 2. The molecule has 0 spiro atoms. The monoisotopic (exact) mass is 302 g/mol. The molecular weight excluding hydrogens is 289 g/mol. The van der Waals surface area contributed by atoms with Gasteiger partial charge in [0.25, 0.3) is 5.91 Å². The molecule has 0 radical (unpaired) electrons. The van der Waals surface area contributed by atoms with Crippen LogP contribution in [0, 0.1) is 5.82 Å². The van der Waals surface area contributed by atoms with Gasteiger partial charge >= 0.3 is 0 Å². The van der Waals surface area contributed by atoms with Gasteiger partial charge in [0, 0.05) is 11.3 Å². The summed E-state index contributed by atoms with van der Waals surface area (Å²) >= 11 is 0. The fourth-order valence-electron chi connectivity index (χ4n) is 1.67. The van der Waals surface area contributed by atoms with E-state index in [1.54, 1.807) is 0 Å². The Labute approximate surface area is 126 Å². The third-order valence-electron chi connectivity index (χ3n) is 2.86. The van der Waals surface area contributed by atoms with Crippen LogP contribution in [0.5, 0.6) is 5.75 Å². The van der Waals surface area contributed by atoms with Crippen molar-refractivity contribution in [1.29, 1.82) is 0 Å². The molecule has 0 aliphatic heterocycles. The van der Waals surface area contributed by atoms with Crippen LogP contribution in [-0.2, 0) is 4.79 Å². The van der Waals surface area contributed by atoms with Gasteiger partial charge in [0.1, 0.15) is 17.7 Å². The quantitative estimate of drug-likeness (QED) is 0.910. The summed E-state index contributed by atoms with van der Waals surface area (Å²) in [4.78, 5) is 22.6. The Hall–Kier alpha value is -2.89. The van der Waals surface area contributed by atoms with Gasteiger partial charge in [0.2, 0.25) is 0 Å². The zero-order valence-corrected chi connectivity index (χ0v) is 11.7. The third-order valence-corrected chi connectivity index (χ3v) is 2.86. The number of carbonyl (C=O) groups is 2. The van der Waals surface area contributed by atoms with E-state index in [0.717, 1.165) is 0 Å². The van der Waals surface area contributed by atoms with E-state index in [9.17, 15) is 19.1 Å². The second-order valence-electron chi connectivity index (χ2n) is 4.56. The summed E-state index contributed by atoms with van der Waals surface area (Å²) in [6.45, 7) is 1.35. The molecule has 1 N–H and O–H groups in total. The van der Waals surface area contributed by atoms with E-state index in [-0.39, 0.29) is 11.7 Å². The van der Waals surface area contributed by atoms with Crippen LogP contribution >= 0.6 is 0 Å². The number of aliphatic carboxylic acids is 1. The number of carboxylic acids is 1. The molecule has 5 nitrogen and oxygen atoms in total. The molecule has 0 heterocycles. The average molecular weight is 302 g/mol. The molecule has 22 heavy (non-hydrogen) atoms. The highest BCUT2D eigenvalue weighted by Crippen LogP contribution is 2.15. The van der Waals surface area contributed by atoms with E-state index in [4.69, 9.17) is 4.74 Å². The first kappa shape index (κ1) is 15.5. The predicted molar refractivity (Wildman–Crippen MR) is 75.9 cm³/mol. The fourth-order valence-corrected chi connectivity index (χ4v) is 1.67. The first-order valence-electron chi connectivity index (χ1n) is 6.50. The van der Waals surface area contributed by atoms with Crippen LogP contribution in [0.4, 0.5) is 10.1 Å². The standard InChI is InChI=1S/C16H14FNO4/c1-10(16(20)21)22-14-8-2-11(3-9-14)15(19)18-13-6-4-12(17)5-7-13/h2-10H,1H3,(H,18,19)(H,20,21)/p-1/t10-/m1/s1. The number of ether oxygens (including phenoxy) is 1. The number of hydrogen-bond acceptors (Lipinski definition) is 4. The van der Waals surface area contributed by atoms with Crippen LogP contribution in [0.3, 0.4) is 0 Å². The van der Waals surface area contributed by atoms with E-state index in [0.29, 0.717) is 17.0 Å². The lowest BCUT2D eigenvalue weighted by molar-refractivity contribution is -0.312. The summed E-state index contributed by atoms with van der Waals surface area (Å²) < 4.78 is 17.9. The van der Waals surface area contributed by atoms with Gasteiger partial charge in [-0.15, -0.1) is 0 Å². The van der Waals surface area contributed by atoms with Gasteiger partial charge in [-0.1, -0.05) is 0 Å². The Morgan fingerprint density at radius 1 is 1.09 bits per heavy atom. The van der Waals surface area contributed by atoms with Crippen molar-refractivity contribution in [2.75, 3.05) is 5.32 Å². The number of nitrogens with one attached hydrogen (secondary N) is 1. The second-order valence-corrected chi connectivity index (χ2v) is 4.56. The minimum absolute atomic E-state index is 0.315. The average Bonchev–Trinajstić information content (AvgIpc) is 2.50. The van der Waals surface area contributed by atoms with Gasteiger partial charge in [-0.3, -0.25) is 4.79 Å². The molecule has 6 heteroatoms. The first-order valence-corrected chi connectivity index (χ1v) is 6.50. The molecule has 2 aromatic carbocycles. The molecule has 1 amide bonds. The lowest BCUT2D eigenvalue weighted by Gasteiger charge is -2.15. The highest BCUT2D eigenvalue weighted by Gasteiger charge is 2.08. The molecule has 2 rings (SSSR count). The molecule has 2 aromatic rings. The van der Waals surface area contributed by atoms with E-state index in [1.807, 2.05) is 0 Å². The Morgan fingerprint density at radius 3 is 2.23 bits per heavy atom. The van der Waals surface area contributed by atoms with Crippen molar-refractivity contribution < 1.29 is 23.8 Å². The van der Waals surface area contributed by atoms with Crippen molar-refractivity contribution in [2.24, 2.45) is 0 Å².